The van der Waals surface area contributed by atoms with E-state index in [0.717, 1.165) is 19.4 Å². The monoisotopic (exact) mass is 209 g/mol. The van der Waals surface area contributed by atoms with Gasteiger partial charge in [-0.2, -0.15) is 0 Å². The third kappa shape index (κ3) is 2.79. The van der Waals surface area contributed by atoms with Crippen LogP contribution in [0.25, 0.3) is 0 Å². The average Bonchev–Trinajstić information content (AvgIpc) is 2.17. The molecule has 1 aromatic rings. The Morgan fingerprint density at radius 2 is 2.53 bits per heavy atom. The van der Waals surface area contributed by atoms with Gasteiger partial charge in [-0.25, -0.2) is 4.98 Å². The minimum atomic E-state index is -0.123. The van der Waals surface area contributed by atoms with Gasteiger partial charge < -0.3 is 15.0 Å². The number of nitrogens with one attached hydrogen (secondary N) is 2. The van der Waals surface area contributed by atoms with Crippen molar-refractivity contribution < 1.29 is 4.74 Å². The highest BCUT2D eigenvalue weighted by molar-refractivity contribution is 5.34. The first kappa shape index (κ1) is 10.2. The number of rotatable bonds is 2. The molecule has 82 valence electrons. The summed E-state index contributed by atoms with van der Waals surface area (Å²) in [5, 5.41) is 3.21. The zero-order valence-electron chi connectivity index (χ0n) is 8.75. The van der Waals surface area contributed by atoms with E-state index in [4.69, 9.17) is 4.74 Å². The molecule has 0 saturated carbocycles. The highest BCUT2D eigenvalue weighted by Gasteiger charge is 2.13. The molecule has 0 spiro atoms. The Morgan fingerprint density at radius 3 is 3.20 bits per heavy atom. The molecule has 0 amide bonds. The molecule has 0 radical (unpaired) electrons. The molecular formula is C10H15N3O2. The summed E-state index contributed by atoms with van der Waals surface area (Å²) in [6.45, 7) is 3.29. The smallest absolute Gasteiger partial charge is 0.252 e. The molecule has 1 saturated heterocycles. The first-order chi connectivity index (χ1) is 7.24. The van der Waals surface area contributed by atoms with Gasteiger partial charge in [0.15, 0.2) is 0 Å². The lowest BCUT2D eigenvalue weighted by Crippen LogP contribution is -2.31. The highest BCUT2D eigenvalue weighted by atomic mass is 16.5. The predicted octanol–water partition coefficient (Wildman–Crippen LogP) is 0.669. The number of ether oxygens (including phenoxy) is 1. The van der Waals surface area contributed by atoms with Crippen molar-refractivity contribution in [3.63, 3.8) is 0 Å². The van der Waals surface area contributed by atoms with Gasteiger partial charge in [0, 0.05) is 12.7 Å². The molecule has 1 aromatic heterocycles. The van der Waals surface area contributed by atoms with Gasteiger partial charge in [0.2, 0.25) is 0 Å². The molecule has 1 aliphatic heterocycles. The van der Waals surface area contributed by atoms with Crippen LogP contribution in [-0.4, -0.2) is 29.2 Å². The first-order valence-electron chi connectivity index (χ1n) is 5.16. The molecule has 0 aromatic carbocycles. The minimum absolute atomic E-state index is 0.123. The second-order valence-electron chi connectivity index (χ2n) is 3.77. The van der Waals surface area contributed by atoms with Crippen LogP contribution in [0.3, 0.4) is 0 Å². The zero-order valence-corrected chi connectivity index (χ0v) is 8.75. The molecule has 2 heterocycles. The van der Waals surface area contributed by atoms with Crippen LogP contribution in [0, 0.1) is 6.92 Å². The third-order valence-electron chi connectivity index (χ3n) is 2.37. The van der Waals surface area contributed by atoms with Gasteiger partial charge in [-0.1, -0.05) is 0 Å². The van der Waals surface area contributed by atoms with Crippen LogP contribution in [0.1, 0.15) is 18.7 Å². The number of aromatic amines is 1. The number of anilines is 1. The van der Waals surface area contributed by atoms with Crippen molar-refractivity contribution in [2.75, 3.05) is 18.5 Å². The van der Waals surface area contributed by atoms with Gasteiger partial charge in [0.05, 0.1) is 12.6 Å². The van der Waals surface area contributed by atoms with Crippen LogP contribution in [0.4, 0.5) is 5.82 Å². The van der Waals surface area contributed by atoms with Crippen molar-refractivity contribution in [2.45, 2.75) is 25.8 Å². The van der Waals surface area contributed by atoms with E-state index in [1.165, 1.54) is 6.07 Å². The molecule has 1 aliphatic rings. The molecule has 5 nitrogen and oxygen atoms in total. The maximum atomic E-state index is 11.2. The van der Waals surface area contributed by atoms with Gasteiger partial charge in [-0.05, 0) is 19.8 Å². The minimum Gasteiger partial charge on any atom is -0.379 e. The highest BCUT2D eigenvalue weighted by Crippen LogP contribution is 2.10. The maximum Gasteiger partial charge on any atom is 0.252 e. The van der Waals surface area contributed by atoms with E-state index >= 15 is 0 Å². The molecule has 1 fully saturated rings. The van der Waals surface area contributed by atoms with Gasteiger partial charge in [-0.3, -0.25) is 4.79 Å². The largest absolute Gasteiger partial charge is 0.379 e. The molecule has 1 atom stereocenters. The fraction of sp³-hybridized carbons (Fsp3) is 0.600. The molecule has 0 bridgehead atoms. The number of nitrogens with zero attached hydrogens (tertiary/aromatic N) is 1. The fourth-order valence-electron chi connectivity index (χ4n) is 1.72. The molecule has 1 unspecified atom stereocenters. The summed E-state index contributed by atoms with van der Waals surface area (Å²) in [7, 11) is 0. The predicted molar refractivity (Wildman–Crippen MR) is 57.1 cm³/mol. The van der Waals surface area contributed by atoms with Crippen LogP contribution < -0.4 is 10.9 Å². The summed E-state index contributed by atoms with van der Waals surface area (Å²) in [5.74, 6) is 1.26. The van der Waals surface area contributed by atoms with E-state index in [9.17, 15) is 4.79 Å². The van der Waals surface area contributed by atoms with Crippen LogP contribution in [-0.2, 0) is 4.74 Å². The summed E-state index contributed by atoms with van der Waals surface area (Å²) in [6, 6.07) is 1.74. The number of hydrogen-bond acceptors (Lipinski definition) is 4. The number of hydrogen-bond donors (Lipinski definition) is 2. The van der Waals surface area contributed by atoms with Gasteiger partial charge in [0.1, 0.15) is 11.6 Å². The Balaban J connectivity index is 2.06. The molecule has 15 heavy (non-hydrogen) atoms. The number of aromatic nitrogens is 2. The molecule has 2 rings (SSSR count). The van der Waals surface area contributed by atoms with Crippen LogP contribution >= 0.6 is 0 Å². The van der Waals surface area contributed by atoms with Crippen LogP contribution in [0.5, 0.6) is 0 Å². The second-order valence-corrected chi connectivity index (χ2v) is 3.77. The van der Waals surface area contributed by atoms with Crippen LogP contribution in [0.15, 0.2) is 10.9 Å². The van der Waals surface area contributed by atoms with Crippen molar-refractivity contribution in [3.05, 3.63) is 22.2 Å². The number of H-pyrrole nitrogens is 1. The Kier molecular flexibility index (Phi) is 3.01. The van der Waals surface area contributed by atoms with Crippen molar-refractivity contribution in [1.29, 1.82) is 0 Å². The van der Waals surface area contributed by atoms with E-state index in [0.29, 0.717) is 18.2 Å². The average molecular weight is 209 g/mol. The van der Waals surface area contributed by atoms with Crippen molar-refractivity contribution in [3.8, 4) is 0 Å². The van der Waals surface area contributed by atoms with Crippen molar-refractivity contribution in [1.82, 2.24) is 9.97 Å². The van der Waals surface area contributed by atoms with Gasteiger partial charge in [-0.15, -0.1) is 0 Å². The molecule has 0 aliphatic carbocycles. The Labute approximate surface area is 87.9 Å². The van der Waals surface area contributed by atoms with E-state index in [2.05, 4.69) is 15.3 Å². The SMILES string of the molecule is Cc1nc(NC2CCCOC2)cc(=O)[nH]1. The second kappa shape index (κ2) is 4.44. The van der Waals surface area contributed by atoms with Crippen molar-refractivity contribution >= 4 is 5.82 Å². The summed E-state index contributed by atoms with van der Waals surface area (Å²) in [6.07, 6.45) is 2.12. The lowest BCUT2D eigenvalue weighted by molar-refractivity contribution is 0.0875. The maximum absolute atomic E-state index is 11.2. The zero-order chi connectivity index (χ0) is 10.7. The summed E-state index contributed by atoms with van der Waals surface area (Å²) in [5.41, 5.74) is -0.123. The quantitative estimate of drug-likeness (QED) is 0.751. The lowest BCUT2D eigenvalue weighted by atomic mass is 10.1. The third-order valence-corrected chi connectivity index (χ3v) is 2.37. The molecular weight excluding hydrogens is 194 g/mol. The van der Waals surface area contributed by atoms with E-state index in [1.807, 2.05) is 0 Å². The molecule has 2 N–H and O–H groups in total. The van der Waals surface area contributed by atoms with E-state index in [-0.39, 0.29) is 11.6 Å². The summed E-state index contributed by atoms with van der Waals surface area (Å²) < 4.78 is 5.34. The normalized spacial score (nSPS) is 21.3. The van der Waals surface area contributed by atoms with E-state index < -0.39 is 0 Å². The topological polar surface area (TPSA) is 67.0 Å². The van der Waals surface area contributed by atoms with Crippen molar-refractivity contribution in [2.24, 2.45) is 0 Å². The standard InChI is InChI=1S/C10H15N3O2/c1-7-11-9(5-10(14)12-7)13-8-3-2-4-15-6-8/h5,8H,2-4,6H2,1H3,(H2,11,12,13,14). The van der Waals surface area contributed by atoms with Crippen LogP contribution in [0.2, 0.25) is 0 Å². The summed E-state index contributed by atoms with van der Waals surface area (Å²) in [4.78, 5) is 18.0. The first-order valence-corrected chi connectivity index (χ1v) is 5.16. The van der Waals surface area contributed by atoms with Gasteiger partial charge >= 0.3 is 0 Å². The Morgan fingerprint density at radius 1 is 1.67 bits per heavy atom. The fourth-order valence-corrected chi connectivity index (χ4v) is 1.72. The molecule has 5 heteroatoms. The lowest BCUT2D eigenvalue weighted by Gasteiger charge is -2.23. The number of aryl methyl sites for hydroxylation is 1. The summed E-state index contributed by atoms with van der Waals surface area (Å²) >= 11 is 0. The Hall–Kier alpha value is -1.36. The van der Waals surface area contributed by atoms with Gasteiger partial charge in [0.25, 0.3) is 5.56 Å². The van der Waals surface area contributed by atoms with E-state index in [1.54, 1.807) is 6.92 Å². The Bertz CT molecular complexity index is 382.